The molecule has 0 spiro atoms. The fourth-order valence-electron chi connectivity index (χ4n) is 2.74. The molecule has 0 aliphatic carbocycles. The molecule has 2 aromatic rings. The van der Waals surface area contributed by atoms with Crippen LogP contribution in [-0.4, -0.2) is 31.6 Å². The summed E-state index contributed by atoms with van der Waals surface area (Å²) in [5.41, 5.74) is 1.34. The van der Waals surface area contributed by atoms with Crippen molar-refractivity contribution in [3.63, 3.8) is 0 Å². The van der Waals surface area contributed by atoms with Crippen LogP contribution in [0.2, 0.25) is 0 Å². The summed E-state index contributed by atoms with van der Waals surface area (Å²) in [6, 6.07) is 5.44. The van der Waals surface area contributed by atoms with Crippen LogP contribution in [0.15, 0.2) is 24.3 Å². The van der Waals surface area contributed by atoms with Crippen molar-refractivity contribution in [2.24, 2.45) is 0 Å². The Morgan fingerprint density at radius 3 is 2.50 bits per heavy atom. The maximum absolute atomic E-state index is 10.3. The van der Waals surface area contributed by atoms with E-state index in [1.165, 1.54) is 18.2 Å². The van der Waals surface area contributed by atoms with E-state index in [2.05, 4.69) is 0 Å². The highest BCUT2D eigenvalue weighted by Crippen LogP contribution is 2.44. The van der Waals surface area contributed by atoms with Crippen LogP contribution < -0.4 is 4.74 Å². The molecule has 22 heavy (non-hydrogen) atoms. The van der Waals surface area contributed by atoms with Crippen molar-refractivity contribution >= 4 is 0 Å². The predicted molar refractivity (Wildman–Crippen MR) is 77.4 cm³/mol. The van der Waals surface area contributed by atoms with Gasteiger partial charge in [0.25, 0.3) is 0 Å². The first-order valence-electron chi connectivity index (χ1n) is 6.79. The van der Waals surface area contributed by atoms with Crippen molar-refractivity contribution in [3.8, 4) is 28.7 Å². The number of phenols is 4. The van der Waals surface area contributed by atoms with Gasteiger partial charge in [0.15, 0.2) is 17.6 Å². The lowest BCUT2D eigenvalue weighted by Gasteiger charge is -2.32. The Bertz CT molecular complexity index is 740. The highest BCUT2D eigenvalue weighted by atomic mass is 16.5. The van der Waals surface area contributed by atoms with Crippen LogP contribution in [0.25, 0.3) is 0 Å². The van der Waals surface area contributed by atoms with Crippen LogP contribution in [0.4, 0.5) is 0 Å². The van der Waals surface area contributed by atoms with Crippen molar-refractivity contribution in [2.75, 3.05) is 0 Å². The summed E-state index contributed by atoms with van der Waals surface area (Å²) in [6.45, 7) is 1.61. The molecule has 6 nitrogen and oxygen atoms in total. The third kappa shape index (κ3) is 2.17. The summed E-state index contributed by atoms with van der Waals surface area (Å²) in [5, 5.41) is 49.0. The molecule has 0 saturated heterocycles. The van der Waals surface area contributed by atoms with E-state index in [0.717, 1.165) is 0 Å². The van der Waals surface area contributed by atoms with Crippen molar-refractivity contribution in [3.05, 3.63) is 41.0 Å². The molecule has 0 radical (unpaired) electrons. The number of rotatable bonds is 1. The highest BCUT2D eigenvalue weighted by Gasteiger charge is 2.33. The molecule has 1 aliphatic rings. The molecule has 0 saturated carbocycles. The summed E-state index contributed by atoms with van der Waals surface area (Å²) in [7, 11) is 0. The fourth-order valence-corrected chi connectivity index (χ4v) is 2.74. The van der Waals surface area contributed by atoms with Gasteiger partial charge in [0.1, 0.15) is 17.2 Å². The third-order valence-electron chi connectivity index (χ3n) is 3.94. The molecule has 0 aromatic heterocycles. The normalized spacial score (nSPS) is 20.3. The number of aliphatic hydroxyl groups excluding tert-OH is 1. The first-order chi connectivity index (χ1) is 10.4. The lowest BCUT2D eigenvalue weighted by molar-refractivity contribution is 0.0193. The second-order valence-electron chi connectivity index (χ2n) is 5.40. The molecule has 6 heteroatoms. The molecule has 3 rings (SSSR count). The average Bonchev–Trinajstić information content (AvgIpc) is 2.46. The maximum atomic E-state index is 10.3. The molecular formula is C16H16O6. The third-order valence-corrected chi connectivity index (χ3v) is 3.94. The van der Waals surface area contributed by atoms with Gasteiger partial charge in [-0.2, -0.15) is 0 Å². The smallest absolute Gasteiger partial charge is 0.160 e. The largest absolute Gasteiger partial charge is 0.508 e. The zero-order valence-corrected chi connectivity index (χ0v) is 11.8. The minimum Gasteiger partial charge on any atom is -0.508 e. The van der Waals surface area contributed by atoms with E-state index in [1.54, 1.807) is 13.0 Å². The van der Waals surface area contributed by atoms with E-state index >= 15 is 0 Å². The van der Waals surface area contributed by atoms with Crippen LogP contribution in [0.1, 0.15) is 22.8 Å². The Kier molecular flexibility index (Phi) is 3.26. The van der Waals surface area contributed by atoms with Gasteiger partial charge in [0, 0.05) is 35.2 Å². The SMILES string of the molecule is Cc1c([C@H]2Oc3cc(O)cc(O)c3C[C@H]2O)ccc(O)c1O. The second-order valence-corrected chi connectivity index (χ2v) is 5.40. The fraction of sp³-hybridized carbons (Fsp3) is 0.250. The Balaban J connectivity index is 2.05. The molecule has 0 unspecified atom stereocenters. The lowest BCUT2D eigenvalue weighted by atomic mass is 9.91. The second kappa shape index (κ2) is 4.99. The van der Waals surface area contributed by atoms with Crippen LogP contribution >= 0.6 is 0 Å². The van der Waals surface area contributed by atoms with Gasteiger partial charge in [0.05, 0.1) is 6.10 Å². The van der Waals surface area contributed by atoms with E-state index in [-0.39, 0.29) is 35.2 Å². The summed E-state index contributed by atoms with van der Waals surface area (Å²) in [6.07, 6.45) is -1.57. The van der Waals surface area contributed by atoms with Crippen LogP contribution in [0, 0.1) is 6.92 Å². The number of benzene rings is 2. The first kappa shape index (κ1) is 14.3. The highest BCUT2D eigenvalue weighted by molar-refractivity contribution is 5.53. The first-order valence-corrected chi connectivity index (χ1v) is 6.79. The van der Waals surface area contributed by atoms with Gasteiger partial charge in [-0.25, -0.2) is 0 Å². The van der Waals surface area contributed by atoms with Gasteiger partial charge in [-0.3, -0.25) is 0 Å². The zero-order chi connectivity index (χ0) is 16.0. The molecule has 116 valence electrons. The minimum absolute atomic E-state index is 0.141. The number of phenolic OH excluding ortho intramolecular Hbond substituents is 4. The van der Waals surface area contributed by atoms with Gasteiger partial charge in [0.2, 0.25) is 0 Å². The van der Waals surface area contributed by atoms with Gasteiger partial charge in [-0.05, 0) is 13.0 Å². The Morgan fingerprint density at radius 2 is 1.77 bits per heavy atom. The van der Waals surface area contributed by atoms with Crippen LogP contribution in [0.3, 0.4) is 0 Å². The molecule has 2 aromatic carbocycles. The van der Waals surface area contributed by atoms with Crippen molar-refractivity contribution in [2.45, 2.75) is 25.6 Å². The number of fused-ring (bicyclic) bond motifs is 1. The van der Waals surface area contributed by atoms with Crippen LogP contribution in [-0.2, 0) is 6.42 Å². The van der Waals surface area contributed by atoms with Crippen molar-refractivity contribution in [1.29, 1.82) is 0 Å². The van der Waals surface area contributed by atoms with Gasteiger partial charge in [-0.15, -0.1) is 0 Å². The zero-order valence-electron chi connectivity index (χ0n) is 11.8. The van der Waals surface area contributed by atoms with Gasteiger partial charge in [-0.1, -0.05) is 6.07 Å². The number of hydrogen-bond donors (Lipinski definition) is 5. The molecular weight excluding hydrogens is 288 g/mol. The van der Waals surface area contributed by atoms with Gasteiger partial charge < -0.3 is 30.3 Å². The quantitative estimate of drug-likeness (QED) is 0.514. The average molecular weight is 304 g/mol. The Morgan fingerprint density at radius 1 is 1.05 bits per heavy atom. The van der Waals surface area contributed by atoms with E-state index in [1.807, 2.05) is 0 Å². The number of aliphatic hydroxyl groups is 1. The van der Waals surface area contributed by atoms with Crippen molar-refractivity contribution in [1.82, 2.24) is 0 Å². The molecule has 2 atom stereocenters. The molecule has 0 bridgehead atoms. The number of ether oxygens (including phenoxy) is 1. The molecule has 0 amide bonds. The summed E-state index contributed by atoms with van der Waals surface area (Å²) in [5.74, 6) is -0.519. The van der Waals surface area contributed by atoms with E-state index in [4.69, 9.17) is 4.74 Å². The summed E-state index contributed by atoms with van der Waals surface area (Å²) in [4.78, 5) is 0. The minimum atomic E-state index is -0.939. The topological polar surface area (TPSA) is 110 Å². The monoisotopic (exact) mass is 304 g/mol. The summed E-state index contributed by atoms with van der Waals surface area (Å²) >= 11 is 0. The van der Waals surface area contributed by atoms with E-state index in [0.29, 0.717) is 16.7 Å². The molecule has 1 aliphatic heterocycles. The van der Waals surface area contributed by atoms with E-state index in [9.17, 15) is 25.5 Å². The molecule has 5 N–H and O–H groups in total. The summed E-state index contributed by atoms with van der Waals surface area (Å²) < 4.78 is 5.70. The number of hydrogen-bond acceptors (Lipinski definition) is 6. The maximum Gasteiger partial charge on any atom is 0.160 e. The van der Waals surface area contributed by atoms with Crippen molar-refractivity contribution < 1.29 is 30.3 Å². The van der Waals surface area contributed by atoms with Crippen LogP contribution in [0.5, 0.6) is 28.7 Å². The Hall–Kier alpha value is -2.60. The molecule has 1 heterocycles. The lowest BCUT2D eigenvalue weighted by Crippen LogP contribution is -2.30. The molecule has 0 fully saturated rings. The van der Waals surface area contributed by atoms with Gasteiger partial charge >= 0.3 is 0 Å². The Labute approximate surface area is 126 Å². The predicted octanol–water partition coefficient (Wildman–Crippen LogP) is 1.85. The van der Waals surface area contributed by atoms with E-state index < -0.39 is 12.2 Å². The number of aromatic hydroxyl groups is 4. The standard InChI is InChI=1S/C16H16O6/c1-7-9(2-3-11(18)15(7)21)16-13(20)6-10-12(19)4-8(17)5-14(10)22-16/h2-5,13,16-21H,6H2,1H3/t13-,16-/m1/s1.